The fourth-order valence-corrected chi connectivity index (χ4v) is 1.62. The van der Waals surface area contributed by atoms with Crippen LogP contribution < -0.4 is 16.4 Å². The van der Waals surface area contributed by atoms with E-state index in [0.29, 0.717) is 0 Å². The molecule has 0 fully saturated rings. The molecular weight excluding hydrogens is 288 g/mol. The second kappa shape index (κ2) is 6.71. The minimum absolute atomic E-state index is 0.0266. The first-order chi connectivity index (χ1) is 9.32. The topological polar surface area (TPSA) is 127 Å². The van der Waals surface area contributed by atoms with Gasteiger partial charge in [0.05, 0.1) is 9.95 Å². The molecule has 0 unspecified atom stereocenters. The van der Waals surface area contributed by atoms with Crippen LogP contribution >= 0.6 is 11.6 Å². The zero-order valence-electron chi connectivity index (χ0n) is 10.6. The summed E-state index contributed by atoms with van der Waals surface area (Å²) in [5, 5.41) is 15.7. The molecule has 8 nitrogen and oxygen atoms in total. The van der Waals surface area contributed by atoms with Crippen LogP contribution in [0.2, 0.25) is 5.02 Å². The fourth-order valence-electron chi connectivity index (χ4n) is 1.40. The predicted molar refractivity (Wildman–Crippen MR) is 73.5 cm³/mol. The Morgan fingerprint density at radius 3 is 2.50 bits per heavy atom. The lowest BCUT2D eigenvalue weighted by Gasteiger charge is -2.07. The van der Waals surface area contributed by atoms with Crippen molar-refractivity contribution in [3.8, 4) is 0 Å². The molecule has 0 aliphatic rings. The van der Waals surface area contributed by atoms with Gasteiger partial charge in [-0.3, -0.25) is 19.7 Å². The number of nitrogen functional groups attached to an aromatic ring is 1. The van der Waals surface area contributed by atoms with Crippen molar-refractivity contribution in [2.45, 2.75) is 6.92 Å². The van der Waals surface area contributed by atoms with Gasteiger partial charge >= 0.3 is 0 Å². The third-order valence-electron chi connectivity index (χ3n) is 2.35. The molecule has 9 heteroatoms. The summed E-state index contributed by atoms with van der Waals surface area (Å²) in [7, 11) is 0. The van der Waals surface area contributed by atoms with Gasteiger partial charge in [0.15, 0.2) is 0 Å². The van der Waals surface area contributed by atoms with Crippen LogP contribution in [0.15, 0.2) is 12.1 Å². The van der Waals surface area contributed by atoms with Crippen LogP contribution in [-0.4, -0.2) is 29.8 Å². The molecule has 1 aromatic carbocycles. The smallest absolute Gasteiger partial charge is 0.294 e. The fraction of sp³-hybridized carbons (Fsp3) is 0.273. The number of hydrogen-bond donors (Lipinski definition) is 3. The number of nitrogens with two attached hydrogens (primary N) is 1. The van der Waals surface area contributed by atoms with E-state index in [4.69, 9.17) is 17.3 Å². The molecule has 108 valence electrons. The second-order valence-electron chi connectivity index (χ2n) is 3.89. The predicted octanol–water partition coefficient (Wildman–Crippen LogP) is 0.696. The Kier molecular flexibility index (Phi) is 5.27. The summed E-state index contributed by atoms with van der Waals surface area (Å²) < 4.78 is 0. The molecule has 0 heterocycles. The van der Waals surface area contributed by atoms with E-state index in [1.807, 2.05) is 0 Å². The highest BCUT2D eigenvalue weighted by Crippen LogP contribution is 2.30. The summed E-state index contributed by atoms with van der Waals surface area (Å²) >= 11 is 5.74. The van der Waals surface area contributed by atoms with Crippen LogP contribution in [0.1, 0.15) is 17.3 Å². The van der Waals surface area contributed by atoms with Crippen molar-refractivity contribution in [3.63, 3.8) is 0 Å². The molecule has 1 rings (SSSR count). The van der Waals surface area contributed by atoms with E-state index in [2.05, 4.69) is 10.6 Å². The number of rotatable bonds is 5. The van der Waals surface area contributed by atoms with Gasteiger partial charge in [0.2, 0.25) is 5.91 Å². The molecule has 0 aliphatic carbocycles. The van der Waals surface area contributed by atoms with Crippen molar-refractivity contribution >= 4 is 34.8 Å². The molecule has 0 spiro atoms. The van der Waals surface area contributed by atoms with Crippen LogP contribution in [0.4, 0.5) is 11.4 Å². The van der Waals surface area contributed by atoms with Gasteiger partial charge in [-0.2, -0.15) is 0 Å². The average molecular weight is 301 g/mol. The van der Waals surface area contributed by atoms with Gasteiger partial charge in [0.25, 0.3) is 11.6 Å². The molecule has 0 atom stereocenters. The molecule has 0 bridgehead atoms. The molecule has 4 N–H and O–H groups in total. The number of nitrogens with one attached hydrogen (secondary N) is 2. The van der Waals surface area contributed by atoms with E-state index in [9.17, 15) is 19.7 Å². The quantitative estimate of drug-likeness (QED) is 0.319. The SMILES string of the molecule is CC(=O)NCCNC(=O)c1cc(Cl)c(N)c([N+](=O)[O-])c1. The molecular formula is C11H13ClN4O4. The minimum atomic E-state index is -0.713. The molecule has 0 aromatic heterocycles. The van der Waals surface area contributed by atoms with Crippen molar-refractivity contribution in [1.82, 2.24) is 10.6 Å². The van der Waals surface area contributed by atoms with E-state index in [1.165, 1.54) is 13.0 Å². The Morgan fingerprint density at radius 1 is 1.35 bits per heavy atom. The first-order valence-corrected chi connectivity index (χ1v) is 5.96. The first-order valence-electron chi connectivity index (χ1n) is 5.59. The number of anilines is 1. The highest BCUT2D eigenvalue weighted by Gasteiger charge is 2.19. The van der Waals surface area contributed by atoms with Gasteiger partial charge < -0.3 is 16.4 Å². The summed E-state index contributed by atoms with van der Waals surface area (Å²) in [6.45, 7) is 1.80. The molecule has 0 saturated heterocycles. The first kappa shape index (κ1) is 15.7. The Bertz CT molecular complexity index is 562. The maximum Gasteiger partial charge on any atom is 0.294 e. The number of carbonyl (C=O) groups excluding carboxylic acids is 2. The lowest BCUT2D eigenvalue weighted by atomic mass is 10.1. The number of benzene rings is 1. The lowest BCUT2D eigenvalue weighted by molar-refractivity contribution is -0.383. The largest absolute Gasteiger partial charge is 0.392 e. The van der Waals surface area contributed by atoms with E-state index in [-0.39, 0.29) is 35.3 Å². The van der Waals surface area contributed by atoms with Crippen LogP contribution in [0.3, 0.4) is 0 Å². The Balaban J connectivity index is 2.78. The van der Waals surface area contributed by atoms with Gasteiger partial charge in [0.1, 0.15) is 5.69 Å². The van der Waals surface area contributed by atoms with Crippen molar-refractivity contribution in [3.05, 3.63) is 32.8 Å². The van der Waals surface area contributed by atoms with Crippen molar-refractivity contribution in [2.24, 2.45) is 0 Å². The monoisotopic (exact) mass is 300 g/mol. The number of nitro benzene ring substituents is 1. The van der Waals surface area contributed by atoms with Crippen molar-refractivity contribution in [2.75, 3.05) is 18.8 Å². The van der Waals surface area contributed by atoms with Gasteiger partial charge in [-0.15, -0.1) is 0 Å². The van der Waals surface area contributed by atoms with Crippen LogP contribution in [0.5, 0.6) is 0 Å². The highest BCUT2D eigenvalue weighted by atomic mass is 35.5. The van der Waals surface area contributed by atoms with Crippen molar-refractivity contribution in [1.29, 1.82) is 0 Å². The molecule has 1 aromatic rings. The van der Waals surface area contributed by atoms with Gasteiger partial charge in [-0.1, -0.05) is 11.6 Å². The number of nitro groups is 1. The number of nitrogens with zero attached hydrogens (tertiary/aromatic N) is 1. The Morgan fingerprint density at radius 2 is 1.95 bits per heavy atom. The van der Waals surface area contributed by atoms with E-state index < -0.39 is 16.5 Å². The van der Waals surface area contributed by atoms with Gasteiger partial charge in [-0.25, -0.2) is 0 Å². The van der Waals surface area contributed by atoms with E-state index >= 15 is 0 Å². The molecule has 20 heavy (non-hydrogen) atoms. The maximum absolute atomic E-state index is 11.8. The van der Waals surface area contributed by atoms with Gasteiger partial charge in [-0.05, 0) is 6.07 Å². The minimum Gasteiger partial charge on any atom is -0.392 e. The number of carbonyl (C=O) groups is 2. The number of halogens is 1. The molecule has 0 saturated carbocycles. The molecule has 0 radical (unpaired) electrons. The lowest BCUT2D eigenvalue weighted by Crippen LogP contribution is -2.33. The third-order valence-corrected chi connectivity index (χ3v) is 2.66. The summed E-state index contributed by atoms with van der Waals surface area (Å²) in [4.78, 5) is 32.5. The van der Waals surface area contributed by atoms with Gasteiger partial charge in [0, 0.05) is 31.6 Å². The van der Waals surface area contributed by atoms with E-state index in [1.54, 1.807) is 0 Å². The van der Waals surface area contributed by atoms with Crippen LogP contribution in [0.25, 0.3) is 0 Å². The summed E-state index contributed by atoms with van der Waals surface area (Å²) in [5.74, 6) is -0.759. The number of hydrogen-bond acceptors (Lipinski definition) is 5. The maximum atomic E-state index is 11.8. The Hall–Kier alpha value is -2.35. The second-order valence-corrected chi connectivity index (χ2v) is 4.29. The zero-order chi connectivity index (χ0) is 15.3. The van der Waals surface area contributed by atoms with E-state index in [0.717, 1.165) is 6.07 Å². The standard InChI is InChI=1S/C11H13ClN4O4/c1-6(17)14-2-3-15-11(18)7-4-8(12)10(13)9(5-7)16(19)20/h4-5H,2-3,13H2,1H3,(H,14,17)(H,15,18). The summed E-state index contributed by atoms with van der Waals surface area (Å²) in [6, 6.07) is 2.30. The summed E-state index contributed by atoms with van der Waals surface area (Å²) in [6.07, 6.45) is 0. The Labute approximate surface area is 119 Å². The zero-order valence-corrected chi connectivity index (χ0v) is 11.4. The van der Waals surface area contributed by atoms with Crippen LogP contribution in [0, 0.1) is 10.1 Å². The third kappa shape index (κ3) is 4.09. The van der Waals surface area contributed by atoms with Crippen molar-refractivity contribution < 1.29 is 14.5 Å². The number of amides is 2. The average Bonchev–Trinajstić information content (AvgIpc) is 2.36. The normalized spacial score (nSPS) is 9.90. The molecule has 0 aliphatic heterocycles. The molecule has 2 amide bonds. The highest BCUT2D eigenvalue weighted by molar-refractivity contribution is 6.34. The summed E-state index contributed by atoms with van der Waals surface area (Å²) in [5.41, 5.74) is 4.87. The van der Waals surface area contributed by atoms with Crippen LogP contribution in [-0.2, 0) is 4.79 Å².